The number of carbonyl (C=O) groups is 1. The maximum Gasteiger partial charge on any atom is 0.281 e. The molecule has 148 valence electrons. The van der Waals surface area contributed by atoms with Crippen LogP contribution in [0.5, 0.6) is 0 Å². The summed E-state index contributed by atoms with van der Waals surface area (Å²) in [4.78, 5) is 25.8. The number of hydrogen-bond acceptors (Lipinski definition) is 5. The number of imidazole rings is 1. The molecule has 2 aromatic heterocycles. The van der Waals surface area contributed by atoms with Crippen LogP contribution in [0.25, 0.3) is 17.6 Å². The van der Waals surface area contributed by atoms with Gasteiger partial charge in [-0.25, -0.2) is 18.7 Å². The summed E-state index contributed by atoms with van der Waals surface area (Å²) in [6, 6.07) is 5.47. The molecule has 3 rings (SSSR count). The van der Waals surface area contributed by atoms with E-state index in [1.165, 1.54) is 10.8 Å². The Morgan fingerprint density at radius 2 is 2.25 bits per heavy atom. The second kappa shape index (κ2) is 8.28. The molecule has 7 nitrogen and oxygen atoms in total. The van der Waals surface area contributed by atoms with Gasteiger partial charge in [-0.1, -0.05) is 6.07 Å². The topological polar surface area (TPSA) is 89.4 Å². The lowest BCUT2D eigenvalue weighted by atomic mass is 9.97. The van der Waals surface area contributed by atoms with Crippen LogP contribution in [0.1, 0.15) is 18.7 Å². The third-order valence-corrected chi connectivity index (χ3v) is 4.79. The molecule has 1 amide bonds. The van der Waals surface area contributed by atoms with Crippen LogP contribution in [-0.2, 0) is 4.79 Å². The maximum absolute atomic E-state index is 13.1. The number of hydrogen-bond donors (Lipinski definition) is 1. The van der Waals surface area contributed by atoms with E-state index in [9.17, 15) is 13.6 Å². The number of alkyl halides is 2. The molecule has 1 saturated heterocycles. The lowest BCUT2D eigenvalue weighted by Gasteiger charge is -2.32. The smallest absolute Gasteiger partial charge is 0.281 e. The highest BCUT2D eigenvalue weighted by atomic mass is 19.3. The van der Waals surface area contributed by atoms with Gasteiger partial charge in [0.25, 0.3) is 6.43 Å². The number of halogens is 2. The van der Waals surface area contributed by atoms with Crippen LogP contribution in [0.2, 0.25) is 0 Å². The zero-order chi connectivity index (χ0) is 20.3. The number of piperidine rings is 1. The second-order valence-electron chi connectivity index (χ2n) is 6.64. The van der Waals surface area contributed by atoms with Gasteiger partial charge in [-0.3, -0.25) is 14.4 Å². The predicted octanol–water partition coefficient (Wildman–Crippen LogP) is 2.72. The first-order valence-electron chi connectivity index (χ1n) is 8.92. The minimum atomic E-state index is -2.74. The van der Waals surface area contributed by atoms with Crippen LogP contribution < -0.4 is 10.6 Å². The first-order valence-corrected chi connectivity index (χ1v) is 8.92. The number of pyridine rings is 1. The van der Waals surface area contributed by atoms with E-state index >= 15 is 0 Å². The molecule has 1 aliphatic heterocycles. The lowest BCUT2D eigenvalue weighted by Crippen LogP contribution is -2.41. The van der Waals surface area contributed by atoms with E-state index in [0.717, 1.165) is 19.4 Å². The van der Waals surface area contributed by atoms with Crippen molar-refractivity contribution in [1.29, 1.82) is 0 Å². The van der Waals surface area contributed by atoms with Crippen LogP contribution >= 0.6 is 0 Å². The summed E-state index contributed by atoms with van der Waals surface area (Å²) in [6.07, 6.45) is 1.67. The Morgan fingerprint density at radius 3 is 2.93 bits per heavy atom. The van der Waals surface area contributed by atoms with Gasteiger partial charge in [-0.15, -0.1) is 0 Å². The zero-order valence-electron chi connectivity index (χ0n) is 15.6. The Kier molecular flexibility index (Phi) is 5.81. The molecule has 3 heterocycles. The first-order chi connectivity index (χ1) is 13.4. The Morgan fingerprint density at radius 1 is 1.46 bits per heavy atom. The SMILES string of the molecule is C=N/C(=C\n1c(-c2cccc(N3CCCC(C(N)=O)C3)n2)cnc1C)C(F)F. The molecule has 1 fully saturated rings. The summed E-state index contributed by atoms with van der Waals surface area (Å²) in [5, 5.41) is 0. The summed E-state index contributed by atoms with van der Waals surface area (Å²) in [5.74, 6) is 0.711. The van der Waals surface area contributed by atoms with E-state index in [-0.39, 0.29) is 11.8 Å². The number of carbonyl (C=O) groups excluding carboxylic acids is 1. The average Bonchev–Trinajstić information content (AvgIpc) is 3.06. The summed E-state index contributed by atoms with van der Waals surface area (Å²) in [6.45, 7) is 6.19. The minimum absolute atomic E-state index is 0.206. The minimum Gasteiger partial charge on any atom is -0.369 e. The van der Waals surface area contributed by atoms with Crippen LogP contribution in [-0.4, -0.2) is 46.7 Å². The molecular weight excluding hydrogens is 366 g/mol. The van der Waals surface area contributed by atoms with Gasteiger partial charge < -0.3 is 10.6 Å². The molecular formula is C19H22F2N6O. The highest BCUT2D eigenvalue weighted by Gasteiger charge is 2.25. The van der Waals surface area contributed by atoms with Gasteiger partial charge in [-0.2, -0.15) is 0 Å². The Bertz CT molecular complexity index is 908. The molecule has 0 saturated carbocycles. The standard InChI is InChI=1S/C19H22F2N6O/c1-12-24-9-16(27(12)11-15(23-2)18(20)21)14-6-3-7-17(25-14)26-8-4-5-13(10-26)19(22)28/h3,6-7,9,11,13,18H,2,4-5,8,10H2,1H3,(H2,22,28)/b15-11-. The monoisotopic (exact) mass is 388 g/mol. The molecule has 9 heteroatoms. The highest BCUT2D eigenvalue weighted by molar-refractivity contribution is 5.77. The van der Waals surface area contributed by atoms with Crippen LogP contribution in [0, 0.1) is 12.8 Å². The molecule has 1 atom stereocenters. The second-order valence-corrected chi connectivity index (χ2v) is 6.64. The van der Waals surface area contributed by atoms with Gasteiger partial charge in [0.05, 0.1) is 23.5 Å². The van der Waals surface area contributed by atoms with Crippen molar-refractivity contribution >= 4 is 24.6 Å². The number of amides is 1. The Balaban J connectivity index is 1.95. The third-order valence-electron chi connectivity index (χ3n) is 4.79. The summed E-state index contributed by atoms with van der Waals surface area (Å²) in [7, 11) is 0. The van der Waals surface area contributed by atoms with Crippen molar-refractivity contribution in [1.82, 2.24) is 14.5 Å². The van der Waals surface area contributed by atoms with Crippen LogP contribution in [0.15, 0.2) is 35.1 Å². The van der Waals surface area contributed by atoms with Gasteiger partial charge in [0, 0.05) is 19.3 Å². The van der Waals surface area contributed by atoms with Crippen molar-refractivity contribution in [3.8, 4) is 11.4 Å². The molecule has 2 N–H and O–H groups in total. The van der Waals surface area contributed by atoms with Crippen molar-refractivity contribution < 1.29 is 13.6 Å². The van der Waals surface area contributed by atoms with E-state index < -0.39 is 12.1 Å². The van der Waals surface area contributed by atoms with Gasteiger partial charge in [0.2, 0.25) is 5.91 Å². The number of nitrogens with two attached hydrogens (primary N) is 1. The van der Waals surface area contributed by atoms with Gasteiger partial charge in [0.15, 0.2) is 0 Å². The maximum atomic E-state index is 13.1. The number of primary amides is 1. The fourth-order valence-electron chi connectivity index (χ4n) is 3.26. The largest absolute Gasteiger partial charge is 0.369 e. The number of aryl methyl sites for hydroxylation is 1. The molecule has 0 aromatic carbocycles. The summed E-state index contributed by atoms with van der Waals surface area (Å²) in [5.41, 5.74) is 6.15. The van der Waals surface area contributed by atoms with E-state index in [4.69, 9.17) is 5.73 Å². The number of anilines is 1. The quantitative estimate of drug-likeness (QED) is 0.771. The average molecular weight is 388 g/mol. The number of rotatable bonds is 6. The Labute approximate surface area is 161 Å². The normalized spacial score (nSPS) is 17.8. The van der Waals surface area contributed by atoms with Crippen LogP contribution in [0.4, 0.5) is 14.6 Å². The van der Waals surface area contributed by atoms with E-state index in [0.29, 0.717) is 29.6 Å². The molecule has 0 aliphatic carbocycles. The van der Waals surface area contributed by atoms with Crippen molar-refractivity contribution in [2.75, 3.05) is 18.0 Å². The molecule has 28 heavy (non-hydrogen) atoms. The van der Waals surface area contributed by atoms with Crippen molar-refractivity contribution in [2.24, 2.45) is 16.6 Å². The number of aliphatic imine (C=N–C) groups is 1. The molecule has 0 spiro atoms. The predicted molar refractivity (Wildman–Crippen MR) is 104 cm³/mol. The van der Waals surface area contributed by atoms with Gasteiger partial charge >= 0.3 is 0 Å². The summed E-state index contributed by atoms with van der Waals surface area (Å²) < 4.78 is 27.7. The fourth-order valence-corrected chi connectivity index (χ4v) is 3.26. The zero-order valence-corrected chi connectivity index (χ0v) is 15.6. The molecule has 1 unspecified atom stereocenters. The fraction of sp³-hybridized carbons (Fsp3) is 0.368. The van der Waals surface area contributed by atoms with E-state index in [1.807, 2.05) is 17.0 Å². The van der Waals surface area contributed by atoms with Crippen molar-refractivity contribution in [3.05, 3.63) is 35.9 Å². The van der Waals surface area contributed by atoms with Crippen molar-refractivity contribution in [3.63, 3.8) is 0 Å². The Hall–Kier alpha value is -3.10. The molecule has 0 bridgehead atoms. The van der Waals surface area contributed by atoms with Gasteiger partial charge in [-0.05, 0) is 38.6 Å². The lowest BCUT2D eigenvalue weighted by molar-refractivity contribution is -0.122. The van der Waals surface area contributed by atoms with E-state index in [2.05, 4.69) is 21.7 Å². The molecule has 2 aromatic rings. The summed E-state index contributed by atoms with van der Waals surface area (Å²) >= 11 is 0. The number of aromatic nitrogens is 3. The van der Waals surface area contributed by atoms with E-state index in [1.54, 1.807) is 19.2 Å². The highest BCUT2D eigenvalue weighted by Crippen LogP contribution is 2.26. The van der Waals surface area contributed by atoms with Crippen LogP contribution in [0.3, 0.4) is 0 Å². The number of nitrogens with zero attached hydrogens (tertiary/aromatic N) is 5. The molecule has 0 radical (unpaired) electrons. The third kappa shape index (κ3) is 4.08. The number of allylic oxidation sites excluding steroid dienone is 1. The van der Waals surface area contributed by atoms with Gasteiger partial charge in [0.1, 0.15) is 17.3 Å². The first kappa shape index (κ1) is 19.7. The van der Waals surface area contributed by atoms with Crippen molar-refractivity contribution in [2.45, 2.75) is 26.2 Å². The molecule has 1 aliphatic rings.